The molecule has 0 aromatic heterocycles. The third kappa shape index (κ3) is 6.65. The lowest BCUT2D eigenvalue weighted by molar-refractivity contribution is -0.116. The van der Waals surface area contributed by atoms with Crippen molar-refractivity contribution in [3.8, 4) is 0 Å². The van der Waals surface area contributed by atoms with E-state index in [1.807, 2.05) is 31.1 Å². The van der Waals surface area contributed by atoms with Crippen LogP contribution in [-0.4, -0.2) is 52.1 Å². The second-order valence-corrected chi connectivity index (χ2v) is 8.44. The largest absolute Gasteiger partial charge is 0.378 e. The van der Waals surface area contributed by atoms with Crippen LogP contribution in [0, 0.1) is 5.82 Å². The SMILES string of the molecule is CN(C)c1ccc(NC(=O)CN(CCc2ccc(F)cc2)S(C)(=O)=O)cc1. The van der Waals surface area contributed by atoms with Crippen molar-refractivity contribution in [2.45, 2.75) is 6.42 Å². The van der Waals surface area contributed by atoms with Crippen LogP contribution >= 0.6 is 0 Å². The summed E-state index contributed by atoms with van der Waals surface area (Å²) in [6, 6.07) is 13.1. The van der Waals surface area contributed by atoms with Crippen molar-refractivity contribution < 1.29 is 17.6 Å². The first-order valence-corrected chi connectivity index (χ1v) is 10.3. The number of hydrogen-bond acceptors (Lipinski definition) is 4. The van der Waals surface area contributed by atoms with Gasteiger partial charge in [0, 0.05) is 32.0 Å². The smallest absolute Gasteiger partial charge is 0.239 e. The van der Waals surface area contributed by atoms with Crippen LogP contribution in [0.5, 0.6) is 0 Å². The quantitative estimate of drug-likeness (QED) is 0.747. The number of hydrogen-bond donors (Lipinski definition) is 1. The van der Waals surface area contributed by atoms with Gasteiger partial charge < -0.3 is 10.2 Å². The van der Waals surface area contributed by atoms with Gasteiger partial charge in [-0.3, -0.25) is 4.79 Å². The fourth-order valence-electron chi connectivity index (χ4n) is 2.47. The van der Waals surface area contributed by atoms with Gasteiger partial charge in [0.15, 0.2) is 0 Å². The van der Waals surface area contributed by atoms with E-state index in [1.165, 1.54) is 12.1 Å². The minimum Gasteiger partial charge on any atom is -0.378 e. The zero-order chi connectivity index (χ0) is 20.0. The highest BCUT2D eigenvalue weighted by Gasteiger charge is 2.20. The highest BCUT2D eigenvalue weighted by molar-refractivity contribution is 7.88. The number of rotatable bonds is 8. The Bertz CT molecular complexity index is 866. The van der Waals surface area contributed by atoms with Gasteiger partial charge in [-0.15, -0.1) is 0 Å². The van der Waals surface area contributed by atoms with Crippen molar-refractivity contribution in [3.05, 3.63) is 59.9 Å². The molecule has 8 heteroatoms. The highest BCUT2D eigenvalue weighted by Crippen LogP contribution is 2.16. The first-order chi connectivity index (χ1) is 12.6. The molecule has 2 aromatic carbocycles. The van der Waals surface area contributed by atoms with Gasteiger partial charge in [0.2, 0.25) is 15.9 Å². The Kier molecular flexibility index (Phi) is 6.92. The van der Waals surface area contributed by atoms with E-state index in [4.69, 9.17) is 0 Å². The molecule has 0 aliphatic carbocycles. The summed E-state index contributed by atoms with van der Waals surface area (Å²) in [6.07, 6.45) is 1.45. The van der Waals surface area contributed by atoms with Crippen molar-refractivity contribution in [3.63, 3.8) is 0 Å². The average Bonchev–Trinajstić information content (AvgIpc) is 2.59. The Hall–Kier alpha value is -2.45. The molecule has 0 unspecified atom stereocenters. The van der Waals surface area contributed by atoms with Gasteiger partial charge in [-0.05, 0) is 48.4 Å². The molecule has 1 amide bonds. The lowest BCUT2D eigenvalue weighted by Crippen LogP contribution is -2.38. The third-order valence-electron chi connectivity index (χ3n) is 4.02. The molecule has 0 aliphatic rings. The maximum atomic E-state index is 13.0. The topological polar surface area (TPSA) is 69.7 Å². The Balaban J connectivity index is 1.98. The van der Waals surface area contributed by atoms with E-state index in [9.17, 15) is 17.6 Å². The molecule has 0 aliphatic heterocycles. The van der Waals surface area contributed by atoms with Crippen molar-refractivity contribution in [2.75, 3.05) is 43.7 Å². The van der Waals surface area contributed by atoms with Crippen LogP contribution < -0.4 is 10.2 Å². The van der Waals surface area contributed by atoms with Crippen molar-refractivity contribution in [2.24, 2.45) is 0 Å². The van der Waals surface area contributed by atoms with Crippen LogP contribution in [0.1, 0.15) is 5.56 Å². The molecule has 0 bridgehead atoms. The summed E-state index contributed by atoms with van der Waals surface area (Å²) >= 11 is 0. The molecular formula is C19H24FN3O3S. The van der Waals surface area contributed by atoms with E-state index < -0.39 is 15.9 Å². The van der Waals surface area contributed by atoms with Crippen LogP contribution in [0.4, 0.5) is 15.8 Å². The van der Waals surface area contributed by atoms with E-state index in [0.29, 0.717) is 12.1 Å². The van der Waals surface area contributed by atoms with Gasteiger partial charge in [-0.2, -0.15) is 4.31 Å². The molecule has 0 fully saturated rings. The lowest BCUT2D eigenvalue weighted by Gasteiger charge is -2.20. The molecule has 0 spiro atoms. The molecule has 6 nitrogen and oxygen atoms in total. The molecule has 1 N–H and O–H groups in total. The summed E-state index contributed by atoms with van der Waals surface area (Å²) < 4.78 is 38.1. The molecule has 146 valence electrons. The van der Waals surface area contributed by atoms with E-state index >= 15 is 0 Å². The molecule has 27 heavy (non-hydrogen) atoms. The monoisotopic (exact) mass is 393 g/mol. The number of nitrogens with zero attached hydrogens (tertiary/aromatic N) is 2. The number of amides is 1. The number of benzene rings is 2. The lowest BCUT2D eigenvalue weighted by atomic mass is 10.1. The predicted octanol–water partition coefficient (Wildman–Crippen LogP) is 2.33. The van der Waals surface area contributed by atoms with Crippen LogP contribution in [0.15, 0.2) is 48.5 Å². The second-order valence-electron chi connectivity index (χ2n) is 6.46. The minimum atomic E-state index is -3.56. The highest BCUT2D eigenvalue weighted by atomic mass is 32.2. The van der Waals surface area contributed by atoms with E-state index in [-0.39, 0.29) is 18.9 Å². The Morgan fingerprint density at radius 3 is 2.15 bits per heavy atom. The first-order valence-electron chi connectivity index (χ1n) is 8.42. The Morgan fingerprint density at radius 1 is 1.04 bits per heavy atom. The van der Waals surface area contributed by atoms with Crippen LogP contribution in [-0.2, 0) is 21.2 Å². The zero-order valence-electron chi connectivity index (χ0n) is 15.6. The maximum absolute atomic E-state index is 13.0. The summed E-state index contributed by atoms with van der Waals surface area (Å²) in [5, 5.41) is 2.70. The molecule has 0 radical (unpaired) electrons. The van der Waals surface area contributed by atoms with Gasteiger partial charge in [-0.25, -0.2) is 12.8 Å². The molecule has 2 aromatic rings. The molecule has 2 rings (SSSR count). The second kappa shape index (κ2) is 8.96. The summed E-state index contributed by atoms with van der Waals surface area (Å²) in [7, 11) is 0.274. The average molecular weight is 393 g/mol. The summed E-state index contributed by atoms with van der Waals surface area (Å²) in [6.45, 7) is -0.146. The maximum Gasteiger partial charge on any atom is 0.239 e. The molecule has 0 atom stereocenters. The number of carbonyl (C=O) groups is 1. The minimum absolute atomic E-state index is 0.136. The number of nitrogens with one attached hydrogen (secondary N) is 1. The zero-order valence-corrected chi connectivity index (χ0v) is 16.5. The van der Waals surface area contributed by atoms with E-state index in [2.05, 4.69) is 5.32 Å². The van der Waals surface area contributed by atoms with Gasteiger partial charge in [0.05, 0.1) is 12.8 Å². The van der Waals surface area contributed by atoms with E-state index in [1.54, 1.807) is 24.3 Å². The van der Waals surface area contributed by atoms with Gasteiger partial charge in [0.1, 0.15) is 5.82 Å². The standard InChI is InChI=1S/C19H24FN3O3S/c1-22(2)18-10-8-17(9-11-18)21-19(24)14-23(27(3,25)26)13-12-15-4-6-16(20)7-5-15/h4-11H,12-14H2,1-3H3,(H,21,24). The van der Waals surface area contributed by atoms with Gasteiger partial charge >= 0.3 is 0 Å². The fourth-order valence-corrected chi connectivity index (χ4v) is 3.25. The molecular weight excluding hydrogens is 369 g/mol. The number of sulfonamides is 1. The van der Waals surface area contributed by atoms with Gasteiger partial charge in [0.25, 0.3) is 0 Å². The number of anilines is 2. The molecule has 0 saturated heterocycles. The number of halogens is 1. The third-order valence-corrected chi connectivity index (χ3v) is 5.27. The predicted molar refractivity (Wildman–Crippen MR) is 106 cm³/mol. The normalized spacial score (nSPS) is 11.4. The Labute approximate surface area is 159 Å². The summed E-state index contributed by atoms with van der Waals surface area (Å²) in [4.78, 5) is 14.2. The van der Waals surface area contributed by atoms with Crippen LogP contribution in [0.25, 0.3) is 0 Å². The van der Waals surface area contributed by atoms with Crippen molar-refractivity contribution in [1.82, 2.24) is 4.31 Å². The number of carbonyl (C=O) groups excluding carboxylic acids is 1. The van der Waals surface area contributed by atoms with Gasteiger partial charge in [-0.1, -0.05) is 12.1 Å². The summed E-state index contributed by atoms with van der Waals surface area (Å²) in [5.41, 5.74) is 2.38. The van der Waals surface area contributed by atoms with Crippen molar-refractivity contribution >= 4 is 27.3 Å². The van der Waals surface area contributed by atoms with Crippen LogP contribution in [0.3, 0.4) is 0 Å². The van der Waals surface area contributed by atoms with E-state index in [0.717, 1.165) is 21.8 Å². The molecule has 0 heterocycles. The van der Waals surface area contributed by atoms with Crippen LogP contribution in [0.2, 0.25) is 0 Å². The Morgan fingerprint density at radius 2 is 1.63 bits per heavy atom. The first kappa shape index (κ1) is 20.9. The van der Waals surface area contributed by atoms with Crippen molar-refractivity contribution in [1.29, 1.82) is 0 Å². The fraction of sp³-hybridized carbons (Fsp3) is 0.316. The molecule has 0 saturated carbocycles. The summed E-state index contributed by atoms with van der Waals surface area (Å²) in [5.74, 6) is -0.768.